The molecule has 3 aromatic rings. The van der Waals surface area contributed by atoms with Gasteiger partial charge in [0.1, 0.15) is 5.75 Å². The van der Waals surface area contributed by atoms with E-state index in [0.29, 0.717) is 11.4 Å². The van der Waals surface area contributed by atoms with Gasteiger partial charge in [0.15, 0.2) is 5.69 Å². The first-order chi connectivity index (χ1) is 12.3. The zero-order valence-corrected chi connectivity index (χ0v) is 15.4. The number of hydrogen-bond acceptors (Lipinski definition) is 3. The van der Waals surface area contributed by atoms with Crippen LogP contribution in [-0.2, 0) is 5.41 Å². The number of phenolic OH excluding ortho intramolecular Hbond substituents is 1. The predicted molar refractivity (Wildman–Crippen MR) is 103 cm³/mol. The van der Waals surface area contributed by atoms with Crippen molar-refractivity contribution in [2.24, 2.45) is 0 Å². The first-order valence-electron chi connectivity index (χ1n) is 8.52. The van der Waals surface area contributed by atoms with Gasteiger partial charge in [-0.3, -0.25) is 4.79 Å². The van der Waals surface area contributed by atoms with E-state index in [1.165, 1.54) is 0 Å². The molecule has 0 spiro atoms. The molecule has 0 saturated heterocycles. The molecule has 0 aliphatic heterocycles. The van der Waals surface area contributed by atoms with Gasteiger partial charge in [0, 0.05) is 5.69 Å². The fraction of sp³-hybridized carbons (Fsp3) is 0.238. The molecule has 26 heavy (non-hydrogen) atoms. The molecule has 0 atom stereocenters. The maximum absolute atomic E-state index is 12.6. The third-order valence-corrected chi connectivity index (χ3v) is 4.23. The van der Waals surface area contributed by atoms with Gasteiger partial charge in [0.05, 0.1) is 11.4 Å². The summed E-state index contributed by atoms with van der Waals surface area (Å²) in [6.45, 7) is 8.14. The molecule has 3 rings (SSSR count). The largest absolute Gasteiger partial charge is 0.506 e. The summed E-state index contributed by atoms with van der Waals surface area (Å²) in [5.41, 5.74) is 3.37. The van der Waals surface area contributed by atoms with Crippen LogP contribution >= 0.6 is 0 Å². The van der Waals surface area contributed by atoms with Gasteiger partial charge in [-0.05, 0) is 48.2 Å². The lowest BCUT2D eigenvalue weighted by Gasteiger charge is -2.20. The summed E-state index contributed by atoms with van der Waals surface area (Å²) in [5, 5.41) is 17.3. The van der Waals surface area contributed by atoms with Gasteiger partial charge in [-0.15, -0.1) is 0 Å². The molecule has 0 radical (unpaired) electrons. The number of hydrogen-bond donors (Lipinski definition) is 2. The lowest BCUT2D eigenvalue weighted by molar-refractivity contribution is 0.102. The van der Waals surface area contributed by atoms with Crippen LogP contribution in [0, 0.1) is 6.92 Å². The van der Waals surface area contributed by atoms with Crippen molar-refractivity contribution in [3.63, 3.8) is 0 Å². The van der Waals surface area contributed by atoms with E-state index in [2.05, 4.69) is 31.2 Å². The Balaban J connectivity index is 1.88. The molecule has 1 heterocycles. The number of para-hydroxylation sites is 1. The minimum atomic E-state index is -0.357. The van der Waals surface area contributed by atoms with Crippen LogP contribution in [0.15, 0.2) is 54.6 Å². The Morgan fingerprint density at radius 1 is 1.08 bits per heavy atom. The van der Waals surface area contributed by atoms with Crippen LogP contribution in [0.1, 0.15) is 42.5 Å². The molecule has 2 aromatic carbocycles. The Bertz CT molecular complexity index is 938. The van der Waals surface area contributed by atoms with Crippen LogP contribution in [0.25, 0.3) is 5.69 Å². The second kappa shape index (κ2) is 6.67. The van der Waals surface area contributed by atoms with Crippen molar-refractivity contribution < 1.29 is 9.90 Å². The number of benzene rings is 2. The molecule has 1 amide bonds. The number of nitrogens with zero attached hydrogens (tertiary/aromatic N) is 2. The highest BCUT2D eigenvalue weighted by atomic mass is 16.3. The molecule has 134 valence electrons. The summed E-state index contributed by atoms with van der Waals surface area (Å²) in [7, 11) is 0. The number of aromatic hydroxyl groups is 1. The summed E-state index contributed by atoms with van der Waals surface area (Å²) in [4.78, 5) is 12.6. The third-order valence-electron chi connectivity index (χ3n) is 4.23. The van der Waals surface area contributed by atoms with E-state index >= 15 is 0 Å². The number of nitrogens with one attached hydrogen (secondary N) is 1. The number of phenols is 1. The lowest BCUT2D eigenvalue weighted by atomic mass is 9.87. The maximum atomic E-state index is 12.6. The second-order valence-corrected chi connectivity index (χ2v) is 7.35. The van der Waals surface area contributed by atoms with Crippen molar-refractivity contribution >= 4 is 11.6 Å². The van der Waals surface area contributed by atoms with Crippen molar-refractivity contribution in [2.75, 3.05) is 5.32 Å². The topological polar surface area (TPSA) is 67.2 Å². The Labute approximate surface area is 153 Å². The van der Waals surface area contributed by atoms with Gasteiger partial charge in [0.25, 0.3) is 5.91 Å². The van der Waals surface area contributed by atoms with Gasteiger partial charge < -0.3 is 10.4 Å². The average Bonchev–Trinajstić information content (AvgIpc) is 2.98. The predicted octanol–water partition coefficient (Wildman–Crippen LogP) is 4.44. The molecule has 0 fully saturated rings. The van der Waals surface area contributed by atoms with Gasteiger partial charge in [-0.1, -0.05) is 45.0 Å². The molecular weight excluding hydrogens is 326 g/mol. The highest BCUT2D eigenvalue weighted by molar-refractivity contribution is 6.03. The number of amides is 1. The summed E-state index contributed by atoms with van der Waals surface area (Å²) >= 11 is 0. The minimum Gasteiger partial charge on any atom is -0.506 e. The molecular formula is C21H23N3O2. The molecule has 0 saturated carbocycles. The second-order valence-electron chi connectivity index (χ2n) is 7.35. The normalized spacial score (nSPS) is 11.4. The average molecular weight is 349 g/mol. The molecule has 2 N–H and O–H groups in total. The fourth-order valence-corrected chi connectivity index (χ4v) is 2.71. The van der Waals surface area contributed by atoms with Crippen molar-refractivity contribution in [2.45, 2.75) is 33.1 Å². The van der Waals surface area contributed by atoms with Crippen LogP contribution in [-0.4, -0.2) is 20.8 Å². The Kier molecular flexibility index (Phi) is 4.55. The van der Waals surface area contributed by atoms with Crippen LogP contribution in [0.5, 0.6) is 5.75 Å². The van der Waals surface area contributed by atoms with Crippen LogP contribution < -0.4 is 5.32 Å². The Hall–Kier alpha value is -3.08. The lowest BCUT2D eigenvalue weighted by Crippen LogP contribution is -2.15. The number of rotatable bonds is 3. The van der Waals surface area contributed by atoms with Crippen molar-refractivity contribution in [1.82, 2.24) is 9.78 Å². The molecule has 0 aliphatic rings. The van der Waals surface area contributed by atoms with Gasteiger partial charge in [-0.25, -0.2) is 4.68 Å². The smallest absolute Gasteiger partial charge is 0.276 e. The molecule has 5 heteroatoms. The van der Waals surface area contributed by atoms with E-state index in [9.17, 15) is 9.90 Å². The molecule has 5 nitrogen and oxygen atoms in total. The Morgan fingerprint density at radius 2 is 1.77 bits per heavy atom. The minimum absolute atomic E-state index is 0.0329. The van der Waals surface area contributed by atoms with E-state index in [0.717, 1.165) is 16.9 Å². The van der Waals surface area contributed by atoms with E-state index in [1.807, 2.05) is 43.3 Å². The van der Waals surface area contributed by atoms with Crippen molar-refractivity contribution in [3.8, 4) is 11.4 Å². The van der Waals surface area contributed by atoms with Crippen molar-refractivity contribution in [1.29, 1.82) is 0 Å². The monoisotopic (exact) mass is 349 g/mol. The molecule has 0 unspecified atom stereocenters. The van der Waals surface area contributed by atoms with E-state index in [4.69, 9.17) is 0 Å². The quantitative estimate of drug-likeness (QED) is 0.687. The van der Waals surface area contributed by atoms with Crippen LogP contribution in [0.3, 0.4) is 0 Å². The first-order valence-corrected chi connectivity index (χ1v) is 8.52. The third kappa shape index (κ3) is 3.61. The highest BCUT2D eigenvalue weighted by Gasteiger charge is 2.18. The summed E-state index contributed by atoms with van der Waals surface area (Å²) in [5.74, 6) is -0.324. The summed E-state index contributed by atoms with van der Waals surface area (Å²) in [6.07, 6.45) is 0. The SMILES string of the molecule is Cc1cc(C(=O)Nc2cc(C(C)(C)C)ccc2O)nn1-c1ccccc1. The zero-order valence-electron chi connectivity index (χ0n) is 15.4. The zero-order chi connectivity index (χ0) is 18.9. The number of aryl methyl sites for hydroxylation is 1. The fourth-order valence-electron chi connectivity index (χ4n) is 2.71. The summed E-state index contributed by atoms with van der Waals surface area (Å²) in [6, 6.07) is 16.6. The van der Waals surface area contributed by atoms with E-state index < -0.39 is 0 Å². The number of aromatic nitrogens is 2. The highest BCUT2D eigenvalue weighted by Crippen LogP contribution is 2.31. The van der Waals surface area contributed by atoms with Gasteiger partial charge >= 0.3 is 0 Å². The van der Waals surface area contributed by atoms with E-state index in [-0.39, 0.29) is 17.1 Å². The first kappa shape index (κ1) is 17.7. The molecule has 0 aliphatic carbocycles. The number of carbonyl (C=O) groups excluding carboxylic acids is 1. The van der Waals surface area contributed by atoms with E-state index in [1.54, 1.807) is 22.9 Å². The summed E-state index contributed by atoms with van der Waals surface area (Å²) < 4.78 is 1.72. The van der Waals surface area contributed by atoms with Crippen LogP contribution in [0.4, 0.5) is 5.69 Å². The van der Waals surface area contributed by atoms with Crippen LogP contribution in [0.2, 0.25) is 0 Å². The standard InChI is InChI=1S/C21H23N3O2/c1-14-12-18(23-24(14)16-8-6-5-7-9-16)20(26)22-17-13-15(21(2,3)4)10-11-19(17)25/h5-13,25H,1-4H3,(H,22,26). The molecule has 1 aromatic heterocycles. The van der Waals surface area contributed by atoms with Gasteiger partial charge in [-0.2, -0.15) is 5.10 Å². The van der Waals surface area contributed by atoms with Gasteiger partial charge in [0.2, 0.25) is 0 Å². The number of carbonyl (C=O) groups is 1. The molecule has 0 bridgehead atoms. The Morgan fingerprint density at radius 3 is 2.42 bits per heavy atom. The maximum Gasteiger partial charge on any atom is 0.276 e. The van der Waals surface area contributed by atoms with Crippen molar-refractivity contribution in [3.05, 3.63) is 71.5 Å². The number of anilines is 1.